The standard InChI is InChI=1S/C44H25N7/c1-2-7-27(8-3-1)38-41(50-44-43(47-38)48-39(28-17-21-45-22-18-28)40(49-44)29-19-23-46-24-20-29)30-15-16-31-33-12-6-13-34-32-11-4-9-26-10-5-14-35(37(26)32)51(42(33)34)36(31)25-30/h1-25H. The minimum Gasteiger partial charge on any atom is -0.308 e. The van der Waals surface area contributed by atoms with Crippen LogP contribution >= 0.6 is 0 Å². The van der Waals surface area contributed by atoms with Crippen molar-refractivity contribution in [3.05, 3.63) is 152 Å². The van der Waals surface area contributed by atoms with Crippen LogP contribution in [-0.2, 0) is 0 Å². The molecule has 0 N–H and O–H groups in total. The monoisotopic (exact) mass is 651 g/mol. The first kappa shape index (κ1) is 27.8. The van der Waals surface area contributed by atoms with Gasteiger partial charge in [-0.1, -0.05) is 91.0 Å². The quantitative estimate of drug-likeness (QED) is 0.139. The van der Waals surface area contributed by atoms with Crippen LogP contribution in [0.4, 0.5) is 0 Å². The zero-order valence-electron chi connectivity index (χ0n) is 27.1. The molecule has 0 fully saturated rings. The molecule has 51 heavy (non-hydrogen) atoms. The Labute approximate surface area is 290 Å². The fraction of sp³-hybridized carbons (Fsp3) is 0. The van der Waals surface area contributed by atoms with Crippen LogP contribution in [0.5, 0.6) is 0 Å². The molecule has 0 aliphatic rings. The van der Waals surface area contributed by atoms with E-state index in [4.69, 9.17) is 19.9 Å². The lowest BCUT2D eigenvalue weighted by Gasteiger charge is -2.14. The van der Waals surface area contributed by atoms with Crippen molar-refractivity contribution >= 4 is 60.2 Å². The lowest BCUT2D eigenvalue weighted by molar-refractivity contribution is 1.16. The van der Waals surface area contributed by atoms with Crippen LogP contribution in [0.1, 0.15) is 0 Å². The summed E-state index contributed by atoms with van der Waals surface area (Å²) in [5, 5.41) is 7.43. The highest BCUT2D eigenvalue weighted by Crippen LogP contribution is 2.42. The molecule has 0 saturated heterocycles. The van der Waals surface area contributed by atoms with Gasteiger partial charge in [0.1, 0.15) is 0 Å². The molecule has 0 radical (unpaired) electrons. The SMILES string of the molecule is c1ccc(-c2nc3nc(-c4ccncc4)c(-c4ccncc4)nc3nc2-c2ccc3c4cccc5c6cccc7cccc(c76)n(c3c2)c54)cc1. The first-order valence-corrected chi connectivity index (χ1v) is 16.9. The maximum Gasteiger partial charge on any atom is 0.199 e. The van der Waals surface area contributed by atoms with Crippen molar-refractivity contribution in [1.29, 1.82) is 0 Å². The molecule has 0 spiro atoms. The summed E-state index contributed by atoms with van der Waals surface area (Å²) in [4.78, 5) is 29.3. The summed E-state index contributed by atoms with van der Waals surface area (Å²) in [6, 6.07) is 44.4. The van der Waals surface area contributed by atoms with E-state index in [0.29, 0.717) is 22.7 Å². The van der Waals surface area contributed by atoms with E-state index in [1.807, 2.05) is 42.5 Å². The Bertz CT molecular complexity index is 3120. The fourth-order valence-electron chi connectivity index (χ4n) is 7.72. The maximum atomic E-state index is 5.29. The Morgan fingerprint density at radius 1 is 0.373 bits per heavy atom. The molecular weight excluding hydrogens is 627 g/mol. The van der Waals surface area contributed by atoms with Gasteiger partial charge in [-0.3, -0.25) is 9.97 Å². The normalized spacial score (nSPS) is 11.9. The van der Waals surface area contributed by atoms with Gasteiger partial charge >= 0.3 is 0 Å². The topological polar surface area (TPSA) is 81.8 Å². The number of hydrogen-bond donors (Lipinski definition) is 0. The lowest BCUT2D eigenvalue weighted by atomic mass is 9.99. The Morgan fingerprint density at radius 3 is 1.55 bits per heavy atom. The van der Waals surface area contributed by atoms with Crippen molar-refractivity contribution in [2.24, 2.45) is 0 Å². The predicted octanol–water partition coefficient (Wildman–Crippen LogP) is 10.2. The molecule has 11 rings (SSSR count). The molecule has 0 aliphatic carbocycles. The Morgan fingerprint density at radius 2 is 0.902 bits per heavy atom. The van der Waals surface area contributed by atoms with E-state index in [2.05, 4.69) is 99.3 Å². The Balaban J connectivity index is 1.23. The molecule has 0 saturated carbocycles. The van der Waals surface area contributed by atoms with Crippen molar-refractivity contribution in [2.75, 3.05) is 0 Å². The third-order valence-corrected chi connectivity index (χ3v) is 9.95. The average molecular weight is 652 g/mol. The van der Waals surface area contributed by atoms with Gasteiger partial charge in [-0.05, 0) is 47.2 Å². The molecule has 6 heterocycles. The minimum absolute atomic E-state index is 0.469. The van der Waals surface area contributed by atoms with Crippen molar-refractivity contribution < 1.29 is 0 Å². The van der Waals surface area contributed by atoms with E-state index in [1.54, 1.807) is 24.8 Å². The fourth-order valence-corrected chi connectivity index (χ4v) is 7.72. The third-order valence-electron chi connectivity index (χ3n) is 9.95. The molecule has 5 aromatic carbocycles. The van der Waals surface area contributed by atoms with E-state index in [-0.39, 0.29) is 0 Å². The van der Waals surface area contributed by atoms with Crippen LogP contribution in [0.15, 0.2) is 152 Å². The van der Waals surface area contributed by atoms with Crippen LogP contribution in [0.2, 0.25) is 0 Å². The van der Waals surface area contributed by atoms with E-state index < -0.39 is 0 Å². The highest BCUT2D eigenvalue weighted by atomic mass is 15.0. The van der Waals surface area contributed by atoms with Gasteiger partial charge in [0.15, 0.2) is 11.3 Å². The highest BCUT2D eigenvalue weighted by Gasteiger charge is 2.22. The summed E-state index contributed by atoms with van der Waals surface area (Å²) in [5.41, 5.74) is 11.1. The highest BCUT2D eigenvalue weighted by molar-refractivity contribution is 6.27. The van der Waals surface area contributed by atoms with E-state index in [1.165, 1.54) is 43.4 Å². The van der Waals surface area contributed by atoms with Crippen LogP contribution in [0.3, 0.4) is 0 Å². The van der Waals surface area contributed by atoms with Gasteiger partial charge in [-0.15, -0.1) is 0 Å². The third kappa shape index (κ3) is 4.12. The number of fused-ring (bicyclic) bond motifs is 6. The number of pyridine rings is 3. The van der Waals surface area contributed by atoms with Gasteiger partial charge in [0, 0.05) is 68.6 Å². The van der Waals surface area contributed by atoms with Gasteiger partial charge in [0.2, 0.25) is 0 Å². The van der Waals surface area contributed by atoms with Gasteiger partial charge in [0.05, 0.1) is 39.3 Å². The molecule has 6 aromatic heterocycles. The summed E-state index contributed by atoms with van der Waals surface area (Å²) < 4.78 is 2.43. The molecule has 0 atom stereocenters. The second-order valence-electron chi connectivity index (χ2n) is 12.8. The summed E-state index contributed by atoms with van der Waals surface area (Å²) in [7, 11) is 0. The first-order chi connectivity index (χ1) is 25.3. The second kappa shape index (κ2) is 10.7. The molecule has 7 nitrogen and oxygen atoms in total. The van der Waals surface area contributed by atoms with Crippen LogP contribution in [0.25, 0.3) is 105 Å². The molecule has 11 aromatic rings. The van der Waals surface area contributed by atoms with E-state index >= 15 is 0 Å². The second-order valence-corrected chi connectivity index (χ2v) is 12.8. The number of benzene rings is 5. The smallest absolute Gasteiger partial charge is 0.199 e. The van der Waals surface area contributed by atoms with Crippen molar-refractivity contribution in [3.8, 4) is 45.0 Å². The van der Waals surface area contributed by atoms with Crippen LogP contribution < -0.4 is 0 Å². The molecule has 236 valence electrons. The zero-order chi connectivity index (χ0) is 33.5. The summed E-state index contributed by atoms with van der Waals surface area (Å²) in [6.45, 7) is 0. The summed E-state index contributed by atoms with van der Waals surface area (Å²) in [6.07, 6.45) is 7.05. The lowest BCUT2D eigenvalue weighted by Crippen LogP contribution is -2.02. The van der Waals surface area contributed by atoms with Gasteiger partial charge < -0.3 is 4.40 Å². The minimum atomic E-state index is 0.469. The molecule has 0 bridgehead atoms. The number of rotatable bonds is 4. The van der Waals surface area contributed by atoms with Gasteiger partial charge in [0.25, 0.3) is 0 Å². The molecule has 0 unspecified atom stereocenters. The average Bonchev–Trinajstić information content (AvgIpc) is 3.54. The van der Waals surface area contributed by atoms with Crippen LogP contribution in [-0.4, -0.2) is 34.3 Å². The van der Waals surface area contributed by atoms with Crippen molar-refractivity contribution in [2.45, 2.75) is 0 Å². The van der Waals surface area contributed by atoms with Gasteiger partial charge in [-0.25, -0.2) is 19.9 Å². The zero-order valence-corrected chi connectivity index (χ0v) is 27.1. The van der Waals surface area contributed by atoms with E-state index in [0.717, 1.165) is 39.2 Å². The number of hydrogen-bond acceptors (Lipinski definition) is 6. The molecule has 7 heteroatoms. The molecular formula is C44H25N7. The van der Waals surface area contributed by atoms with Crippen molar-refractivity contribution in [1.82, 2.24) is 34.3 Å². The molecule has 0 amide bonds. The van der Waals surface area contributed by atoms with Crippen LogP contribution in [0, 0.1) is 0 Å². The number of nitrogens with zero attached hydrogens (tertiary/aromatic N) is 7. The Hall–Kier alpha value is -7.12. The van der Waals surface area contributed by atoms with Gasteiger partial charge in [-0.2, -0.15) is 0 Å². The first-order valence-electron chi connectivity index (χ1n) is 16.9. The summed E-state index contributed by atoms with van der Waals surface area (Å²) >= 11 is 0. The largest absolute Gasteiger partial charge is 0.308 e. The Kier molecular flexibility index (Phi) is 5.83. The molecule has 0 aliphatic heterocycles. The maximum absolute atomic E-state index is 5.29. The predicted molar refractivity (Wildman–Crippen MR) is 205 cm³/mol. The van der Waals surface area contributed by atoms with E-state index in [9.17, 15) is 0 Å². The number of aromatic nitrogens is 7. The number of para-hydroxylation sites is 1. The summed E-state index contributed by atoms with van der Waals surface area (Å²) in [5.74, 6) is 0. The van der Waals surface area contributed by atoms with Crippen molar-refractivity contribution in [3.63, 3.8) is 0 Å².